The number of fused-ring (bicyclic) bond motifs is 4. The van der Waals surface area contributed by atoms with Crippen LogP contribution in [0, 0.1) is 0 Å². The van der Waals surface area contributed by atoms with Gasteiger partial charge in [-0.2, -0.15) is 0 Å². The fourth-order valence-corrected chi connectivity index (χ4v) is 3.26. The van der Waals surface area contributed by atoms with Crippen molar-refractivity contribution in [1.82, 2.24) is 4.90 Å². The Labute approximate surface area is 115 Å². The summed E-state index contributed by atoms with van der Waals surface area (Å²) in [6.45, 7) is 0.303. The second-order valence-corrected chi connectivity index (χ2v) is 5.26. The molecule has 4 heteroatoms. The maximum atomic E-state index is 12.4. The van der Waals surface area contributed by atoms with Crippen molar-refractivity contribution in [2.75, 3.05) is 0 Å². The molecular weight excluding hydrogens is 254 g/mol. The SMILES string of the molecule is O=C1c2ccccc2[C@]2(O)[C@@H](O)c3ccccc3CN12. The van der Waals surface area contributed by atoms with Gasteiger partial charge in [0.05, 0.1) is 0 Å². The Morgan fingerprint density at radius 2 is 1.80 bits per heavy atom. The molecule has 0 saturated heterocycles. The summed E-state index contributed by atoms with van der Waals surface area (Å²) < 4.78 is 0. The number of hydrogen-bond acceptors (Lipinski definition) is 3. The van der Waals surface area contributed by atoms with Gasteiger partial charge in [0.2, 0.25) is 0 Å². The standard InChI is InChI=1S/C16H13NO3/c18-14-11-6-2-1-5-10(11)9-17-15(19)12-7-3-4-8-13(12)16(14,17)20/h1-8,14,18,20H,9H2/t14-,16-/m0/s1. The molecule has 0 aromatic heterocycles. The van der Waals surface area contributed by atoms with Crippen LogP contribution in [0.15, 0.2) is 48.5 Å². The van der Waals surface area contributed by atoms with Gasteiger partial charge in [0, 0.05) is 17.7 Å². The number of amides is 1. The molecule has 2 heterocycles. The largest absolute Gasteiger partial charge is 0.383 e. The van der Waals surface area contributed by atoms with Crippen LogP contribution in [0.3, 0.4) is 0 Å². The molecule has 2 N–H and O–H groups in total. The topological polar surface area (TPSA) is 60.8 Å². The van der Waals surface area contributed by atoms with Crippen molar-refractivity contribution in [2.24, 2.45) is 0 Å². The number of aliphatic hydroxyl groups excluding tert-OH is 1. The Kier molecular flexibility index (Phi) is 2.14. The van der Waals surface area contributed by atoms with E-state index in [2.05, 4.69) is 0 Å². The van der Waals surface area contributed by atoms with Gasteiger partial charge in [-0.25, -0.2) is 0 Å². The van der Waals surface area contributed by atoms with Crippen LogP contribution in [-0.4, -0.2) is 21.0 Å². The summed E-state index contributed by atoms with van der Waals surface area (Å²) in [6, 6.07) is 14.3. The zero-order chi connectivity index (χ0) is 13.9. The van der Waals surface area contributed by atoms with E-state index in [-0.39, 0.29) is 5.91 Å². The van der Waals surface area contributed by atoms with Crippen LogP contribution in [0.2, 0.25) is 0 Å². The molecule has 2 aliphatic heterocycles. The number of nitrogens with zero attached hydrogens (tertiary/aromatic N) is 1. The zero-order valence-electron chi connectivity index (χ0n) is 10.7. The van der Waals surface area contributed by atoms with Crippen LogP contribution in [0.5, 0.6) is 0 Å². The molecule has 0 spiro atoms. The predicted molar refractivity (Wildman–Crippen MR) is 71.6 cm³/mol. The van der Waals surface area contributed by atoms with Crippen molar-refractivity contribution in [3.8, 4) is 0 Å². The molecule has 0 saturated carbocycles. The van der Waals surface area contributed by atoms with Crippen LogP contribution in [-0.2, 0) is 12.3 Å². The van der Waals surface area contributed by atoms with E-state index >= 15 is 0 Å². The number of hydrogen-bond donors (Lipinski definition) is 2. The summed E-state index contributed by atoms with van der Waals surface area (Å²) >= 11 is 0. The number of benzene rings is 2. The maximum Gasteiger partial charge on any atom is 0.257 e. The fraction of sp³-hybridized carbons (Fsp3) is 0.188. The molecule has 0 bridgehead atoms. The van der Waals surface area contributed by atoms with Crippen molar-refractivity contribution in [3.05, 3.63) is 70.8 Å². The molecule has 4 rings (SSSR count). The summed E-state index contributed by atoms with van der Waals surface area (Å²) in [5.41, 5.74) is 0.817. The number of aliphatic hydroxyl groups is 2. The minimum absolute atomic E-state index is 0.239. The number of carbonyl (C=O) groups excluding carboxylic acids is 1. The summed E-state index contributed by atoms with van der Waals surface area (Å²) in [7, 11) is 0. The van der Waals surface area contributed by atoms with Crippen molar-refractivity contribution in [2.45, 2.75) is 18.4 Å². The quantitative estimate of drug-likeness (QED) is 0.761. The second-order valence-electron chi connectivity index (χ2n) is 5.26. The number of rotatable bonds is 0. The third-order valence-electron chi connectivity index (χ3n) is 4.27. The van der Waals surface area contributed by atoms with Gasteiger partial charge in [-0.05, 0) is 17.2 Å². The van der Waals surface area contributed by atoms with E-state index in [0.29, 0.717) is 23.2 Å². The van der Waals surface area contributed by atoms with Crippen molar-refractivity contribution in [3.63, 3.8) is 0 Å². The van der Waals surface area contributed by atoms with Gasteiger partial charge < -0.3 is 10.2 Å². The molecule has 2 atom stereocenters. The number of carbonyl (C=O) groups is 1. The highest BCUT2D eigenvalue weighted by atomic mass is 16.4. The molecule has 2 aromatic rings. The first-order valence-corrected chi connectivity index (χ1v) is 6.53. The molecule has 0 radical (unpaired) electrons. The monoisotopic (exact) mass is 267 g/mol. The highest BCUT2D eigenvalue weighted by Gasteiger charge is 2.56. The summed E-state index contributed by atoms with van der Waals surface area (Å²) in [6.07, 6.45) is -1.14. The lowest BCUT2D eigenvalue weighted by Crippen LogP contribution is -2.50. The van der Waals surface area contributed by atoms with E-state index in [4.69, 9.17) is 0 Å². The van der Waals surface area contributed by atoms with Gasteiger partial charge >= 0.3 is 0 Å². The first-order chi connectivity index (χ1) is 9.64. The van der Waals surface area contributed by atoms with Gasteiger partial charge in [0.15, 0.2) is 5.72 Å². The first-order valence-electron chi connectivity index (χ1n) is 6.53. The van der Waals surface area contributed by atoms with Crippen molar-refractivity contribution < 1.29 is 15.0 Å². The Hall–Kier alpha value is -2.17. The summed E-state index contributed by atoms with van der Waals surface area (Å²) in [5, 5.41) is 21.6. The molecule has 0 fully saturated rings. The molecule has 0 unspecified atom stereocenters. The fourth-order valence-electron chi connectivity index (χ4n) is 3.26. The van der Waals surface area contributed by atoms with E-state index in [9.17, 15) is 15.0 Å². The molecule has 4 nitrogen and oxygen atoms in total. The van der Waals surface area contributed by atoms with E-state index in [1.165, 1.54) is 4.90 Å². The summed E-state index contributed by atoms with van der Waals surface area (Å²) in [5.74, 6) is -0.239. The lowest BCUT2D eigenvalue weighted by molar-refractivity contribution is -0.176. The van der Waals surface area contributed by atoms with Crippen molar-refractivity contribution in [1.29, 1.82) is 0 Å². The lowest BCUT2D eigenvalue weighted by atomic mass is 9.86. The van der Waals surface area contributed by atoms with Crippen LogP contribution in [0.25, 0.3) is 0 Å². The average molecular weight is 267 g/mol. The predicted octanol–water partition coefficient (Wildman–Crippen LogP) is 1.53. The normalized spacial score (nSPS) is 27.0. The molecular formula is C16H13NO3. The molecule has 0 aliphatic carbocycles. The Balaban J connectivity index is 1.98. The molecule has 20 heavy (non-hydrogen) atoms. The van der Waals surface area contributed by atoms with E-state index in [1.54, 1.807) is 30.3 Å². The van der Waals surface area contributed by atoms with Gasteiger partial charge in [-0.3, -0.25) is 9.69 Å². The van der Waals surface area contributed by atoms with E-state index < -0.39 is 11.8 Å². The van der Waals surface area contributed by atoms with Crippen LogP contribution in [0.1, 0.15) is 33.2 Å². The van der Waals surface area contributed by atoms with Crippen molar-refractivity contribution >= 4 is 5.91 Å². The van der Waals surface area contributed by atoms with E-state index in [1.807, 2.05) is 18.2 Å². The lowest BCUT2D eigenvalue weighted by Gasteiger charge is -2.42. The van der Waals surface area contributed by atoms with Gasteiger partial charge in [0.25, 0.3) is 5.91 Å². The van der Waals surface area contributed by atoms with Gasteiger partial charge in [-0.15, -0.1) is 0 Å². The van der Waals surface area contributed by atoms with Crippen LogP contribution >= 0.6 is 0 Å². The highest BCUT2D eigenvalue weighted by molar-refractivity contribution is 6.00. The average Bonchev–Trinajstić information content (AvgIpc) is 2.71. The Bertz CT molecular complexity index is 727. The van der Waals surface area contributed by atoms with Crippen LogP contribution < -0.4 is 0 Å². The second kappa shape index (κ2) is 3.69. The first kappa shape index (κ1) is 11.6. The maximum absolute atomic E-state index is 12.4. The summed E-state index contributed by atoms with van der Waals surface area (Å²) in [4.78, 5) is 13.8. The third-order valence-corrected chi connectivity index (χ3v) is 4.27. The minimum Gasteiger partial charge on any atom is -0.383 e. The highest BCUT2D eigenvalue weighted by Crippen LogP contribution is 2.49. The molecule has 2 aliphatic rings. The third kappa shape index (κ3) is 1.20. The van der Waals surface area contributed by atoms with Gasteiger partial charge in [-0.1, -0.05) is 42.5 Å². The molecule has 2 aromatic carbocycles. The smallest absolute Gasteiger partial charge is 0.257 e. The van der Waals surface area contributed by atoms with Crippen LogP contribution in [0.4, 0.5) is 0 Å². The molecule has 100 valence electrons. The van der Waals surface area contributed by atoms with Gasteiger partial charge in [0.1, 0.15) is 6.10 Å². The Morgan fingerprint density at radius 1 is 1.10 bits per heavy atom. The minimum atomic E-state index is -1.66. The zero-order valence-corrected chi connectivity index (χ0v) is 10.7. The molecule has 1 amide bonds. The Morgan fingerprint density at radius 3 is 2.65 bits per heavy atom. The van der Waals surface area contributed by atoms with E-state index in [0.717, 1.165) is 5.56 Å².